The second-order valence-corrected chi connectivity index (χ2v) is 6.16. The number of piperidine rings is 1. The minimum Gasteiger partial charge on any atom is -0.481 e. The molecule has 0 aromatic carbocycles. The van der Waals surface area contributed by atoms with Crippen LogP contribution in [0, 0.1) is 5.92 Å². The number of fused-ring (bicyclic) bond motifs is 2. The maximum Gasteiger partial charge on any atom is 0.220 e. The lowest BCUT2D eigenvalue weighted by molar-refractivity contribution is -0.122. The number of carbonyl (C=O) groups is 1. The molecular formula is C16H23N3O2. The quantitative estimate of drug-likeness (QED) is 0.865. The molecule has 2 aliphatic rings. The van der Waals surface area contributed by atoms with E-state index >= 15 is 0 Å². The summed E-state index contributed by atoms with van der Waals surface area (Å²) in [7, 11) is 1.59. The van der Waals surface area contributed by atoms with Gasteiger partial charge in [-0.25, -0.2) is 4.98 Å². The number of carbonyl (C=O) groups excluding carboxylic acids is 1. The van der Waals surface area contributed by atoms with Crippen LogP contribution in [0.15, 0.2) is 18.3 Å². The van der Waals surface area contributed by atoms with Crippen molar-refractivity contribution in [2.45, 2.75) is 50.7 Å². The molecule has 114 valence electrons. The van der Waals surface area contributed by atoms with E-state index in [1.807, 2.05) is 12.1 Å². The molecule has 3 rings (SSSR count). The molecule has 0 saturated carbocycles. The van der Waals surface area contributed by atoms with Crippen LogP contribution in [-0.4, -0.2) is 30.1 Å². The fourth-order valence-electron chi connectivity index (χ4n) is 3.55. The van der Waals surface area contributed by atoms with E-state index in [1.165, 1.54) is 12.8 Å². The Morgan fingerprint density at radius 3 is 2.90 bits per heavy atom. The molecule has 1 amide bonds. The molecule has 2 aliphatic heterocycles. The van der Waals surface area contributed by atoms with E-state index in [0.717, 1.165) is 18.4 Å². The number of rotatable bonds is 5. The van der Waals surface area contributed by atoms with Crippen molar-refractivity contribution in [1.29, 1.82) is 0 Å². The van der Waals surface area contributed by atoms with Crippen LogP contribution in [0.5, 0.6) is 5.88 Å². The molecule has 1 aromatic rings. The van der Waals surface area contributed by atoms with Gasteiger partial charge in [-0.05, 0) is 43.2 Å². The number of pyridine rings is 1. The molecule has 21 heavy (non-hydrogen) atoms. The van der Waals surface area contributed by atoms with Gasteiger partial charge in [-0.1, -0.05) is 0 Å². The van der Waals surface area contributed by atoms with Gasteiger partial charge in [0.15, 0.2) is 0 Å². The van der Waals surface area contributed by atoms with Gasteiger partial charge in [0.1, 0.15) is 0 Å². The predicted octanol–water partition coefficient (Wildman–Crippen LogP) is 1.63. The van der Waals surface area contributed by atoms with Crippen molar-refractivity contribution in [3.05, 3.63) is 23.9 Å². The molecule has 2 atom stereocenters. The summed E-state index contributed by atoms with van der Waals surface area (Å²) in [4.78, 5) is 16.2. The smallest absolute Gasteiger partial charge is 0.220 e. The number of amides is 1. The summed E-state index contributed by atoms with van der Waals surface area (Å²) < 4.78 is 5.08. The molecule has 0 aliphatic carbocycles. The summed E-state index contributed by atoms with van der Waals surface area (Å²) in [5.74, 6) is 1.27. The number of nitrogens with one attached hydrogen (secondary N) is 2. The van der Waals surface area contributed by atoms with Crippen molar-refractivity contribution in [2.75, 3.05) is 7.11 Å². The molecule has 2 fully saturated rings. The first-order valence-electron chi connectivity index (χ1n) is 7.74. The van der Waals surface area contributed by atoms with Gasteiger partial charge in [-0.3, -0.25) is 4.79 Å². The highest BCUT2D eigenvalue weighted by molar-refractivity contribution is 5.76. The van der Waals surface area contributed by atoms with Crippen molar-refractivity contribution >= 4 is 5.91 Å². The normalized spacial score (nSPS) is 27.4. The molecule has 2 saturated heterocycles. The van der Waals surface area contributed by atoms with Gasteiger partial charge in [-0.2, -0.15) is 0 Å². The Bertz CT molecular complexity index is 494. The van der Waals surface area contributed by atoms with Crippen LogP contribution < -0.4 is 15.4 Å². The summed E-state index contributed by atoms with van der Waals surface area (Å²) in [5, 5.41) is 6.62. The van der Waals surface area contributed by atoms with Crippen molar-refractivity contribution in [2.24, 2.45) is 5.92 Å². The van der Waals surface area contributed by atoms with Crippen molar-refractivity contribution < 1.29 is 9.53 Å². The van der Waals surface area contributed by atoms with Crippen molar-refractivity contribution in [3.63, 3.8) is 0 Å². The van der Waals surface area contributed by atoms with Gasteiger partial charge in [-0.15, -0.1) is 0 Å². The fraction of sp³-hybridized carbons (Fsp3) is 0.625. The zero-order chi connectivity index (χ0) is 14.7. The first kappa shape index (κ1) is 14.3. The third-order valence-electron chi connectivity index (χ3n) is 4.54. The van der Waals surface area contributed by atoms with Gasteiger partial charge in [0.05, 0.1) is 7.11 Å². The van der Waals surface area contributed by atoms with E-state index in [1.54, 1.807) is 13.3 Å². The zero-order valence-electron chi connectivity index (χ0n) is 12.5. The lowest BCUT2D eigenvalue weighted by Crippen LogP contribution is -2.39. The maximum absolute atomic E-state index is 12.1. The third kappa shape index (κ3) is 3.73. The highest BCUT2D eigenvalue weighted by Crippen LogP contribution is 2.32. The van der Waals surface area contributed by atoms with E-state index in [-0.39, 0.29) is 5.91 Å². The van der Waals surface area contributed by atoms with Gasteiger partial charge >= 0.3 is 0 Å². The molecule has 2 unspecified atom stereocenters. The van der Waals surface area contributed by atoms with E-state index in [9.17, 15) is 4.79 Å². The second-order valence-electron chi connectivity index (χ2n) is 6.16. The van der Waals surface area contributed by atoms with Crippen LogP contribution in [0.3, 0.4) is 0 Å². The number of ether oxygens (including phenoxy) is 1. The molecule has 0 radical (unpaired) electrons. The number of nitrogens with zero attached hydrogens (tertiary/aromatic N) is 1. The zero-order valence-corrected chi connectivity index (χ0v) is 12.5. The van der Waals surface area contributed by atoms with E-state index < -0.39 is 0 Å². The minimum absolute atomic E-state index is 0.150. The van der Waals surface area contributed by atoms with Gasteiger partial charge in [0.25, 0.3) is 0 Å². The summed E-state index contributed by atoms with van der Waals surface area (Å²) in [6.45, 7) is 0.537. The molecule has 5 heteroatoms. The van der Waals surface area contributed by atoms with E-state index in [0.29, 0.717) is 36.8 Å². The van der Waals surface area contributed by atoms with Crippen molar-refractivity contribution in [1.82, 2.24) is 15.6 Å². The second kappa shape index (κ2) is 6.43. The molecule has 3 heterocycles. The molecule has 5 nitrogen and oxygen atoms in total. The highest BCUT2D eigenvalue weighted by atomic mass is 16.5. The largest absolute Gasteiger partial charge is 0.481 e. The third-order valence-corrected chi connectivity index (χ3v) is 4.54. The summed E-state index contributed by atoms with van der Waals surface area (Å²) >= 11 is 0. The van der Waals surface area contributed by atoms with Crippen LogP contribution in [0.1, 0.15) is 37.7 Å². The maximum atomic E-state index is 12.1. The SMILES string of the molecule is COc1cc(CNC(=O)CC2CC3CCC(C2)N3)ccn1. The molecule has 0 spiro atoms. The fourth-order valence-corrected chi connectivity index (χ4v) is 3.55. The average Bonchev–Trinajstić information content (AvgIpc) is 2.84. The number of hydrogen-bond donors (Lipinski definition) is 2. The Morgan fingerprint density at radius 2 is 2.19 bits per heavy atom. The lowest BCUT2D eigenvalue weighted by Gasteiger charge is -2.28. The van der Waals surface area contributed by atoms with Crippen LogP contribution >= 0.6 is 0 Å². The summed E-state index contributed by atoms with van der Waals surface area (Å²) in [6, 6.07) is 5.04. The van der Waals surface area contributed by atoms with Gasteiger partial charge in [0.2, 0.25) is 11.8 Å². The summed E-state index contributed by atoms with van der Waals surface area (Å²) in [5.41, 5.74) is 1.01. The first-order valence-corrected chi connectivity index (χ1v) is 7.74. The first-order chi connectivity index (χ1) is 10.2. The summed E-state index contributed by atoms with van der Waals surface area (Å²) in [6.07, 6.45) is 7.20. The molecule has 2 N–H and O–H groups in total. The van der Waals surface area contributed by atoms with Crippen LogP contribution in [0.2, 0.25) is 0 Å². The Labute approximate surface area is 125 Å². The minimum atomic E-state index is 0.150. The van der Waals surface area contributed by atoms with Gasteiger partial charge in [0, 0.05) is 37.3 Å². The van der Waals surface area contributed by atoms with Gasteiger partial charge < -0.3 is 15.4 Å². The molecule has 1 aromatic heterocycles. The van der Waals surface area contributed by atoms with Crippen LogP contribution in [0.25, 0.3) is 0 Å². The van der Waals surface area contributed by atoms with Crippen LogP contribution in [0.4, 0.5) is 0 Å². The Morgan fingerprint density at radius 1 is 1.43 bits per heavy atom. The van der Waals surface area contributed by atoms with Crippen molar-refractivity contribution in [3.8, 4) is 5.88 Å². The highest BCUT2D eigenvalue weighted by Gasteiger charge is 2.34. The Hall–Kier alpha value is -1.62. The Balaban J connectivity index is 1.46. The van der Waals surface area contributed by atoms with E-state index in [2.05, 4.69) is 15.6 Å². The number of aromatic nitrogens is 1. The number of hydrogen-bond acceptors (Lipinski definition) is 4. The average molecular weight is 289 g/mol. The monoisotopic (exact) mass is 289 g/mol. The van der Waals surface area contributed by atoms with Crippen LogP contribution in [-0.2, 0) is 11.3 Å². The topological polar surface area (TPSA) is 63.2 Å². The van der Waals surface area contributed by atoms with E-state index in [4.69, 9.17) is 4.74 Å². The predicted molar refractivity (Wildman–Crippen MR) is 79.9 cm³/mol. The number of methoxy groups -OCH3 is 1. The standard InChI is InChI=1S/C16H23N3O2/c1-21-16-9-11(4-5-17-16)10-18-15(20)8-12-6-13-2-3-14(7-12)19-13/h4-5,9,12-14,19H,2-3,6-8,10H2,1H3,(H,18,20). The Kier molecular flexibility index (Phi) is 4.39. The lowest BCUT2D eigenvalue weighted by atomic mass is 9.89. The molecule has 2 bridgehead atoms. The molecular weight excluding hydrogens is 266 g/mol.